The topological polar surface area (TPSA) is 72.2 Å². The van der Waals surface area contributed by atoms with Crippen molar-refractivity contribution in [1.82, 2.24) is 0 Å². The number of carbonyl (C=O) groups is 1. The number of nitro benzene ring substituents is 1. The van der Waals surface area contributed by atoms with E-state index in [9.17, 15) is 14.9 Å². The average molecular weight is 402 g/mol. The number of thioether (sulfide) groups is 1. The second kappa shape index (κ2) is 7.62. The number of hydrogen-bond donors (Lipinski definition) is 1. The Morgan fingerprint density at radius 3 is 2.55 bits per heavy atom. The number of anilines is 1. The summed E-state index contributed by atoms with van der Waals surface area (Å²) in [5.74, 6) is -0.0155. The van der Waals surface area contributed by atoms with E-state index in [0.717, 1.165) is 9.37 Å². The summed E-state index contributed by atoms with van der Waals surface area (Å²) in [5, 5.41) is 13.4. The lowest BCUT2D eigenvalue weighted by atomic mass is 10.3. The van der Waals surface area contributed by atoms with Crippen LogP contribution in [0.5, 0.6) is 0 Å². The number of hydrogen-bond acceptors (Lipinski definition) is 4. The lowest BCUT2D eigenvalue weighted by molar-refractivity contribution is -0.384. The van der Waals surface area contributed by atoms with E-state index in [-0.39, 0.29) is 22.4 Å². The van der Waals surface area contributed by atoms with Crippen molar-refractivity contribution in [3.8, 4) is 0 Å². The van der Waals surface area contributed by atoms with Gasteiger partial charge in [-0.2, -0.15) is 0 Å². The summed E-state index contributed by atoms with van der Waals surface area (Å²) >= 11 is 10.6. The van der Waals surface area contributed by atoms with Gasteiger partial charge < -0.3 is 5.32 Å². The zero-order chi connectivity index (χ0) is 16.1. The fourth-order valence-corrected chi connectivity index (χ4v) is 2.77. The van der Waals surface area contributed by atoms with Crippen LogP contribution in [0.25, 0.3) is 0 Å². The zero-order valence-corrected chi connectivity index (χ0v) is 14.2. The standard InChI is InChI=1S/C14H10BrClN2O3S/c15-9-1-4-11(5-2-9)22-8-14(19)17-13-6-3-10(18(20)21)7-12(13)16/h1-7H,8H2,(H,17,19). The molecular weight excluding hydrogens is 392 g/mol. The minimum absolute atomic E-state index is 0.118. The summed E-state index contributed by atoms with van der Waals surface area (Å²) in [4.78, 5) is 22.9. The molecule has 0 spiro atoms. The van der Waals surface area contributed by atoms with Crippen molar-refractivity contribution in [3.63, 3.8) is 0 Å². The first-order valence-corrected chi connectivity index (χ1v) is 8.23. The van der Waals surface area contributed by atoms with E-state index >= 15 is 0 Å². The molecule has 2 rings (SSSR count). The monoisotopic (exact) mass is 400 g/mol. The van der Waals surface area contributed by atoms with Crippen LogP contribution in [0.1, 0.15) is 0 Å². The van der Waals surface area contributed by atoms with Crippen LogP contribution in [0.15, 0.2) is 51.8 Å². The molecule has 0 aromatic heterocycles. The predicted octanol–water partition coefficient (Wildman–Crippen LogP) is 4.74. The highest BCUT2D eigenvalue weighted by Gasteiger charge is 2.11. The van der Waals surface area contributed by atoms with Gasteiger partial charge in [-0.25, -0.2) is 0 Å². The van der Waals surface area contributed by atoms with Crippen molar-refractivity contribution >= 4 is 56.6 Å². The molecule has 0 unspecified atom stereocenters. The van der Waals surface area contributed by atoms with Gasteiger partial charge >= 0.3 is 0 Å². The Kier molecular flexibility index (Phi) is 5.82. The molecule has 5 nitrogen and oxygen atoms in total. The van der Waals surface area contributed by atoms with Crippen molar-refractivity contribution in [1.29, 1.82) is 0 Å². The molecule has 0 atom stereocenters. The molecule has 0 aliphatic heterocycles. The molecule has 1 amide bonds. The fraction of sp³-hybridized carbons (Fsp3) is 0.0714. The third-order valence-electron chi connectivity index (χ3n) is 2.62. The van der Waals surface area contributed by atoms with E-state index in [0.29, 0.717) is 5.69 Å². The summed E-state index contributed by atoms with van der Waals surface area (Å²) in [6.45, 7) is 0. The maximum Gasteiger partial charge on any atom is 0.271 e. The second-order valence-corrected chi connectivity index (χ2v) is 6.58. The lowest BCUT2D eigenvalue weighted by Crippen LogP contribution is -2.14. The van der Waals surface area contributed by atoms with E-state index in [1.807, 2.05) is 24.3 Å². The summed E-state index contributed by atoms with van der Waals surface area (Å²) in [5.41, 5.74) is 0.237. The van der Waals surface area contributed by atoms with Crippen LogP contribution in [0, 0.1) is 10.1 Å². The smallest absolute Gasteiger partial charge is 0.271 e. The lowest BCUT2D eigenvalue weighted by Gasteiger charge is -2.07. The quantitative estimate of drug-likeness (QED) is 0.446. The molecule has 2 aromatic rings. The van der Waals surface area contributed by atoms with Crippen molar-refractivity contribution < 1.29 is 9.72 Å². The minimum atomic E-state index is -0.541. The van der Waals surface area contributed by atoms with E-state index < -0.39 is 4.92 Å². The zero-order valence-electron chi connectivity index (χ0n) is 11.1. The van der Waals surface area contributed by atoms with Gasteiger partial charge in [-0.3, -0.25) is 14.9 Å². The normalized spacial score (nSPS) is 10.3. The van der Waals surface area contributed by atoms with Gasteiger partial charge in [0.2, 0.25) is 5.91 Å². The highest BCUT2D eigenvalue weighted by Crippen LogP contribution is 2.27. The number of non-ortho nitro benzene ring substituents is 1. The summed E-state index contributed by atoms with van der Waals surface area (Å²) < 4.78 is 0.971. The molecule has 1 N–H and O–H groups in total. The first-order valence-electron chi connectivity index (χ1n) is 6.08. The average Bonchev–Trinajstić information content (AvgIpc) is 2.48. The number of benzene rings is 2. The minimum Gasteiger partial charge on any atom is -0.324 e. The number of halogens is 2. The number of carbonyl (C=O) groups excluding carboxylic acids is 1. The molecular formula is C14H10BrClN2O3S. The van der Waals surface area contributed by atoms with Crippen LogP contribution >= 0.6 is 39.3 Å². The molecule has 8 heteroatoms. The van der Waals surface area contributed by atoms with E-state index in [1.165, 1.54) is 30.0 Å². The van der Waals surface area contributed by atoms with Gasteiger partial charge in [0.25, 0.3) is 5.69 Å². The van der Waals surface area contributed by atoms with Crippen LogP contribution in [0.4, 0.5) is 11.4 Å². The van der Waals surface area contributed by atoms with E-state index in [4.69, 9.17) is 11.6 Å². The number of nitro groups is 1. The Morgan fingerprint density at radius 2 is 1.95 bits per heavy atom. The molecule has 0 bridgehead atoms. The third-order valence-corrected chi connectivity index (χ3v) is 4.47. The number of rotatable bonds is 5. The van der Waals surface area contributed by atoms with Gasteiger partial charge in [0, 0.05) is 21.5 Å². The van der Waals surface area contributed by atoms with Crippen LogP contribution < -0.4 is 5.32 Å². The SMILES string of the molecule is O=C(CSc1ccc(Br)cc1)Nc1ccc([N+](=O)[O-])cc1Cl. The Balaban J connectivity index is 1.94. The van der Waals surface area contributed by atoms with Crippen molar-refractivity contribution in [2.24, 2.45) is 0 Å². The van der Waals surface area contributed by atoms with Crippen LogP contribution in [-0.4, -0.2) is 16.6 Å². The van der Waals surface area contributed by atoms with Crippen LogP contribution in [-0.2, 0) is 4.79 Å². The summed E-state index contributed by atoms with van der Waals surface area (Å²) in [7, 11) is 0. The number of amides is 1. The van der Waals surface area contributed by atoms with Crippen LogP contribution in [0.2, 0.25) is 5.02 Å². The van der Waals surface area contributed by atoms with Gasteiger partial charge in [-0.05, 0) is 30.3 Å². The van der Waals surface area contributed by atoms with Gasteiger partial charge in [0.15, 0.2) is 0 Å². The largest absolute Gasteiger partial charge is 0.324 e. The first kappa shape index (κ1) is 16.8. The van der Waals surface area contributed by atoms with Crippen molar-refractivity contribution in [3.05, 3.63) is 62.1 Å². The Bertz CT molecular complexity index is 710. The maximum absolute atomic E-state index is 11.9. The Labute approximate surface area is 144 Å². The van der Waals surface area contributed by atoms with Gasteiger partial charge in [0.05, 0.1) is 21.4 Å². The summed E-state index contributed by atoms with van der Waals surface area (Å²) in [6, 6.07) is 11.5. The molecule has 0 heterocycles. The Hall–Kier alpha value is -1.57. The predicted molar refractivity (Wildman–Crippen MR) is 91.6 cm³/mol. The molecule has 0 radical (unpaired) electrons. The van der Waals surface area contributed by atoms with Crippen molar-refractivity contribution in [2.45, 2.75) is 4.90 Å². The fourth-order valence-electron chi connectivity index (χ4n) is 1.58. The molecule has 0 aliphatic carbocycles. The van der Waals surface area contributed by atoms with Gasteiger partial charge in [-0.1, -0.05) is 27.5 Å². The molecule has 0 saturated heterocycles. The summed E-state index contributed by atoms with van der Waals surface area (Å²) in [6.07, 6.45) is 0. The highest BCUT2D eigenvalue weighted by molar-refractivity contribution is 9.10. The Morgan fingerprint density at radius 1 is 1.27 bits per heavy atom. The van der Waals surface area contributed by atoms with E-state index in [2.05, 4.69) is 21.2 Å². The molecule has 2 aromatic carbocycles. The number of nitrogens with one attached hydrogen (secondary N) is 1. The van der Waals surface area contributed by atoms with Crippen molar-refractivity contribution in [2.75, 3.05) is 11.1 Å². The maximum atomic E-state index is 11.9. The molecule has 0 aliphatic rings. The molecule has 0 saturated carbocycles. The third kappa shape index (κ3) is 4.72. The van der Waals surface area contributed by atoms with Gasteiger partial charge in [-0.15, -0.1) is 11.8 Å². The molecule has 22 heavy (non-hydrogen) atoms. The van der Waals surface area contributed by atoms with E-state index in [1.54, 1.807) is 0 Å². The van der Waals surface area contributed by atoms with Gasteiger partial charge in [0.1, 0.15) is 0 Å². The first-order chi connectivity index (χ1) is 10.5. The molecule has 114 valence electrons. The van der Waals surface area contributed by atoms with Crippen LogP contribution in [0.3, 0.4) is 0 Å². The second-order valence-electron chi connectivity index (χ2n) is 4.21. The highest BCUT2D eigenvalue weighted by atomic mass is 79.9. The molecule has 0 fully saturated rings. The number of nitrogens with zero attached hydrogens (tertiary/aromatic N) is 1.